The summed E-state index contributed by atoms with van der Waals surface area (Å²) in [6, 6.07) is 8.87. The lowest BCUT2D eigenvalue weighted by Gasteiger charge is -2.19. The number of nitrogens with zero attached hydrogens (tertiary/aromatic N) is 3. The van der Waals surface area contributed by atoms with Crippen LogP contribution in [0.4, 0.5) is 0 Å². The van der Waals surface area contributed by atoms with Crippen molar-refractivity contribution in [1.82, 2.24) is 19.9 Å². The average molecular weight is 364 g/mol. The van der Waals surface area contributed by atoms with E-state index in [0.717, 1.165) is 6.42 Å². The second-order valence-electron chi connectivity index (χ2n) is 6.83. The molecule has 3 aromatic rings. The maximum absolute atomic E-state index is 12.7. The quantitative estimate of drug-likeness (QED) is 0.754. The van der Waals surface area contributed by atoms with Crippen molar-refractivity contribution in [3.05, 3.63) is 70.5 Å². The predicted octanol–water partition coefficient (Wildman–Crippen LogP) is 1.32. The zero-order valence-electron chi connectivity index (χ0n) is 15.0. The number of carbonyl (C=O) groups is 1. The Morgan fingerprint density at radius 2 is 2.07 bits per heavy atom. The molecule has 1 fully saturated rings. The van der Waals surface area contributed by atoms with Gasteiger partial charge in [0.1, 0.15) is 0 Å². The molecule has 7 heteroatoms. The lowest BCUT2D eigenvalue weighted by Crippen LogP contribution is -2.40. The standard InChI is InChI=1S/C20H20N4O3/c1-24-12-22-17-9-14(2-3-16(17)20(24)26)19(25)23-18-11-27-10-15(18)8-13-4-6-21-7-5-13/h2-7,9,12,15,18H,8,10-11H2,1H3,(H,23,25)/t15-,18-/m1/s1. The fourth-order valence-corrected chi connectivity index (χ4v) is 3.38. The molecular formula is C20H20N4O3. The van der Waals surface area contributed by atoms with Crippen LogP contribution in [0.3, 0.4) is 0 Å². The maximum atomic E-state index is 12.7. The molecule has 1 aromatic carbocycles. The molecule has 1 saturated heterocycles. The number of ether oxygens (including phenoxy) is 1. The van der Waals surface area contributed by atoms with Crippen LogP contribution in [0.1, 0.15) is 15.9 Å². The Morgan fingerprint density at radius 3 is 2.89 bits per heavy atom. The van der Waals surface area contributed by atoms with Gasteiger partial charge in [-0.25, -0.2) is 4.98 Å². The van der Waals surface area contributed by atoms with Gasteiger partial charge in [0, 0.05) is 30.9 Å². The molecule has 1 aliphatic rings. The molecule has 7 nitrogen and oxygen atoms in total. The number of hydrogen-bond donors (Lipinski definition) is 1. The van der Waals surface area contributed by atoms with Crippen molar-refractivity contribution in [3.8, 4) is 0 Å². The molecule has 0 bridgehead atoms. The zero-order valence-corrected chi connectivity index (χ0v) is 15.0. The second kappa shape index (κ2) is 7.28. The summed E-state index contributed by atoms with van der Waals surface area (Å²) in [5.74, 6) is 0.0248. The van der Waals surface area contributed by atoms with Crippen molar-refractivity contribution in [2.24, 2.45) is 13.0 Å². The number of nitrogens with one attached hydrogen (secondary N) is 1. The first-order chi connectivity index (χ1) is 13.1. The second-order valence-corrected chi connectivity index (χ2v) is 6.83. The van der Waals surface area contributed by atoms with Crippen LogP contribution in [-0.2, 0) is 18.2 Å². The van der Waals surface area contributed by atoms with Crippen LogP contribution in [0.15, 0.2) is 53.8 Å². The molecule has 2 aromatic heterocycles. The highest BCUT2D eigenvalue weighted by molar-refractivity contribution is 5.97. The van der Waals surface area contributed by atoms with Crippen molar-refractivity contribution in [1.29, 1.82) is 0 Å². The van der Waals surface area contributed by atoms with Gasteiger partial charge in [0.25, 0.3) is 11.5 Å². The summed E-state index contributed by atoms with van der Waals surface area (Å²) in [4.78, 5) is 33.1. The molecule has 27 heavy (non-hydrogen) atoms. The minimum absolute atomic E-state index is 0.0574. The van der Waals surface area contributed by atoms with E-state index in [1.54, 1.807) is 37.6 Å². The summed E-state index contributed by atoms with van der Waals surface area (Å²) < 4.78 is 7.01. The third-order valence-corrected chi connectivity index (χ3v) is 4.94. The molecule has 0 saturated carbocycles. The van der Waals surface area contributed by atoms with Crippen molar-refractivity contribution in [2.75, 3.05) is 13.2 Å². The third-order valence-electron chi connectivity index (χ3n) is 4.94. The van der Waals surface area contributed by atoms with E-state index in [1.807, 2.05) is 12.1 Å². The zero-order chi connectivity index (χ0) is 18.8. The SMILES string of the molecule is Cn1cnc2cc(C(=O)N[C@@H]3COC[C@H]3Cc3ccncc3)ccc2c1=O. The number of benzene rings is 1. The first-order valence-electron chi connectivity index (χ1n) is 8.85. The number of rotatable bonds is 4. The number of amides is 1. The van der Waals surface area contributed by atoms with E-state index in [2.05, 4.69) is 15.3 Å². The van der Waals surface area contributed by atoms with Crippen LogP contribution in [0.2, 0.25) is 0 Å². The number of hydrogen-bond acceptors (Lipinski definition) is 5. The van der Waals surface area contributed by atoms with E-state index < -0.39 is 0 Å². The summed E-state index contributed by atoms with van der Waals surface area (Å²) in [6.07, 6.45) is 5.82. The molecule has 3 heterocycles. The van der Waals surface area contributed by atoms with Crippen molar-refractivity contribution >= 4 is 16.8 Å². The summed E-state index contributed by atoms with van der Waals surface area (Å²) >= 11 is 0. The monoisotopic (exact) mass is 364 g/mol. The first kappa shape index (κ1) is 17.4. The van der Waals surface area contributed by atoms with Gasteiger partial charge in [-0.2, -0.15) is 0 Å². The molecule has 2 atom stereocenters. The highest BCUT2D eigenvalue weighted by Gasteiger charge is 2.30. The normalized spacial score (nSPS) is 19.3. The van der Waals surface area contributed by atoms with Gasteiger partial charge in [-0.15, -0.1) is 0 Å². The summed E-state index contributed by atoms with van der Waals surface area (Å²) in [5.41, 5.74) is 2.04. The Labute approximate surface area is 156 Å². The summed E-state index contributed by atoms with van der Waals surface area (Å²) in [7, 11) is 1.65. The van der Waals surface area contributed by atoms with E-state index in [4.69, 9.17) is 4.74 Å². The highest BCUT2D eigenvalue weighted by Crippen LogP contribution is 2.20. The van der Waals surface area contributed by atoms with Crippen molar-refractivity contribution in [2.45, 2.75) is 12.5 Å². The molecular weight excluding hydrogens is 344 g/mol. The van der Waals surface area contributed by atoms with Crippen LogP contribution in [0.5, 0.6) is 0 Å². The topological polar surface area (TPSA) is 86.1 Å². The van der Waals surface area contributed by atoms with Crippen LogP contribution in [0, 0.1) is 5.92 Å². The number of fused-ring (bicyclic) bond motifs is 1. The minimum Gasteiger partial charge on any atom is -0.379 e. The Bertz CT molecular complexity index is 1030. The van der Waals surface area contributed by atoms with Gasteiger partial charge in [-0.3, -0.25) is 14.6 Å². The van der Waals surface area contributed by atoms with Gasteiger partial charge in [0.15, 0.2) is 0 Å². The lowest BCUT2D eigenvalue weighted by atomic mass is 9.95. The number of aryl methyl sites for hydroxylation is 1. The van der Waals surface area contributed by atoms with Crippen molar-refractivity contribution in [3.63, 3.8) is 0 Å². The Morgan fingerprint density at radius 1 is 1.26 bits per heavy atom. The van der Waals surface area contributed by atoms with E-state index in [1.165, 1.54) is 16.5 Å². The molecule has 4 rings (SSSR count). The van der Waals surface area contributed by atoms with Crippen molar-refractivity contribution < 1.29 is 9.53 Å². The largest absolute Gasteiger partial charge is 0.379 e. The van der Waals surface area contributed by atoms with E-state index >= 15 is 0 Å². The molecule has 0 spiro atoms. The molecule has 0 radical (unpaired) electrons. The first-order valence-corrected chi connectivity index (χ1v) is 8.85. The summed E-state index contributed by atoms with van der Waals surface area (Å²) in [5, 5.41) is 3.56. The van der Waals surface area contributed by atoms with Gasteiger partial charge in [-0.05, 0) is 42.3 Å². The van der Waals surface area contributed by atoms with Crippen LogP contribution < -0.4 is 10.9 Å². The van der Waals surface area contributed by atoms with E-state index in [0.29, 0.717) is 29.7 Å². The van der Waals surface area contributed by atoms with Crippen LogP contribution in [0.25, 0.3) is 10.9 Å². The Hall–Kier alpha value is -3.06. The van der Waals surface area contributed by atoms with E-state index in [9.17, 15) is 9.59 Å². The minimum atomic E-state index is -0.186. The Kier molecular flexibility index (Phi) is 4.68. The molecule has 0 aliphatic carbocycles. The number of aromatic nitrogens is 3. The lowest BCUT2D eigenvalue weighted by molar-refractivity contribution is 0.0925. The smallest absolute Gasteiger partial charge is 0.260 e. The highest BCUT2D eigenvalue weighted by atomic mass is 16.5. The van der Waals surface area contributed by atoms with Gasteiger partial charge >= 0.3 is 0 Å². The van der Waals surface area contributed by atoms with Crippen LogP contribution in [-0.4, -0.2) is 39.7 Å². The van der Waals surface area contributed by atoms with Crippen LogP contribution >= 0.6 is 0 Å². The van der Waals surface area contributed by atoms with Gasteiger partial charge in [0.05, 0.1) is 36.5 Å². The molecule has 1 aliphatic heterocycles. The molecule has 138 valence electrons. The fourth-order valence-electron chi connectivity index (χ4n) is 3.38. The Balaban J connectivity index is 1.50. The molecule has 1 N–H and O–H groups in total. The molecule has 0 unspecified atom stereocenters. The summed E-state index contributed by atoms with van der Waals surface area (Å²) in [6.45, 7) is 1.11. The number of pyridine rings is 1. The third kappa shape index (κ3) is 3.59. The van der Waals surface area contributed by atoms with Gasteiger partial charge in [-0.1, -0.05) is 0 Å². The van der Waals surface area contributed by atoms with Gasteiger partial charge in [0.2, 0.25) is 0 Å². The fraction of sp³-hybridized carbons (Fsp3) is 0.300. The maximum Gasteiger partial charge on any atom is 0.260 e. The number of carbonyl (C=O) groups excluding carboxylic acids is 1. The molecule has 1 amide bonds. The average Bonchev–Trinajstić information content (AvgIpc) is 3.12. The predicted molar refractivity (Wildman–Crippen MR) is 100 cm³/mol. The van der Waals surface area contributed by atoms with Gasteiger partial charge < -0.3 is 14.6 Å². The van der Waals surface area contributed by atoms with E-state index in [-0.39, 0.29) is 23.4 Å².